The highest BCUT2D eigenvalue weighted by Gasteiger charge is 2.34. The Morgan fingerprint density at radius 1 is 1.31 bits per heavy atom. The number of methoxy groups -OCH3 is 2. The number of hydrogen-bond donors (Lipinski definition) is 0. The Morgan fingerprint density at radius 3 is 2.65 bits per heavy atom. The fourth-order valence-corrected chi connectivity index (χ4v) is 3.33. The number of halogens is 1. The van der Waals surface area contributed by atoms with E-state index in [1.807, 2.05) is 0 Å². The van der Waals surface area contributed by atoms with Crippen LogP contribution in [0.1, 0.15) is 5.56 Å². The van der Waals surface area contributed by atoms with Crippen LogP contribution >= 0.6 is 27.7 Å². The van der Waals surface area contributed by atoms with Crippen molar-refractivity contribution < 1.29 is 28.6 Å². The van der Waals surface area contributed by atoms with Crippen LogP contribution < -0.4 is 9.47 Å². The molecule has 1 aromatic rings. The van der Waals surface area contributed by atoms with E-state index in [4.69, 9.17) is 9.47 Å². The molecule has 0 aromatic heterocycles. The van der Waals surface area contributed by atoms with Gasteiger partial charge in [0.05, 0.1) is 19.1 Å². The van der Waals surface area contributed by atoms with Gasteiger partial charge in [0.1, 0.15) is 0 Å². The summed E-state index contributed by atoms with van der Waals surface area (Å²) in [7, 11) is 2.72. The molecule has 0 spiro atoms. The lowest BCUT2D eigenvalue weighted by Gasteiger charge is -2.12. The Labute approximate surface area is 163 Å². The summed E-state index contributed by atoms with van der Waals surface area (Å²) in [4.78, 5) is 36.8. The van der Waals surface area contributed by atoms with Gasteiger partial charge < -0.3 is 14.2 Å². The van der Waals surface area contributed by atoms with E-state index in [1.54, 1.807) is 18.2 Å². The van der Waals surface area contributed by atoms with Crippen LogP contribution in [0.5, 0.6) is 11.5 Å². The molecule has 1 heterocycles. The van der Waals surface area contributed by atoms with Crippen molar-refractivity contribution in [1.82, 2.24) is 4.90 Å². The summed E-state index contributed by atoms with van der Waals surface area (Å²) >= 11 is 4.25. The van der Waals surface area contributed by atoms with Crippen molar-refractivity contribution in [2.75, 3.05) is 27.4 Å². The van der Waals surface area contributed by atoms with Crippen molar-refractivity contribution in [2.45, 2.75) is 0 Å². The highest BCUT2D eigenvalue weighted by Crippen LogP contribution is 2.38. The number of benzene rings is 1. The number of rotatable bonds is 7. The van der Waals surface area contributed by atoms with E-state index in [-0.39, 0.29) is 24.3 Å². The molecule has 1 fully saturated rings. The minimum absolute atomic E-state index is 0.160. The molecule has 26 heavy (non-hydrogen) atoms. The van der Waals surface area contributed by atoms with Gasteiger partial charge in [-0.25, -0.2) is 4.79 Å². The van der Waals surface area contributed by atoms with E-state index in [2.05, 4.69) is 27.2 Å². The number of carbonyl (C=O) groups excluding carboxylic acids is 3. The van der Waals surface area contributed by atoms with Crippen LogP contribution in [0, 0.1) is 0 Å². The zero-order valence-corrected chi connectivity index (χ0v) is 16.5. The maximum absolute atomic E-state index is 12.3. The molecule has 0 N–H and O–H groups in total. The molecule has 0 saturated carbocycles. The average Bonchev–Trinajstić information content (AvgIpc) is 2.89. The molecule has 1 aromatic carbocycles. The minimum Gasteiger partial charge on any atom is -0.493 e. The van der Waals surface area contributed by atoms with Gasteiger partial charge in [-0.1, -0.05) is 22.0 Å². The summed E-state index contributed by atoms with van der Waals surface area (Å²) in [5, 5.41) is -0.345. The quantitative estimate of drug-likeness (QED) is 0.364. The number of carbonyl (C=O) groups is 3. The predicted octanol–water partition coefficient (Wildman–Crippen LogP) is 3.23. The van der Waals surface area contributed by atoms with E-state index in [0.29, 0.717) is 26.4 Å². The maximum Gasteiger partial charge on any atom is 0.343 e. The zero-order valence-electron chi connectivity index (χ0n) is 14.1. The van der Waals surface area contributed by atoms with Crippen molar-refractivity contribution in [3.63, 3.8) is 0 Å². The molecule has 138 valence electrons. The molecule has 0 unspecified atom stereocenters. The summed E-state index contributed by atoms with van der Waals surface area (Å²) in [6, 6.07) is 3.25. The molecule has 7 nitrogen and oxygen atoms in total. The molecular weight excluding hydrogens is 426 g/mol. The van der Waals surface area contributed by atoms with Crippen molar-refractivity contribution in [1.29, 1.82) is 0 Å². The zero-order chi connectivity index (χ0) is 19.3. The molecule has 2 rings (SSSR count). The number of imide groups is 1. The van der Waals surface area contributed by atoms with Gasteiger partial charge in [-0.2, -0.15) is 0 Å². The molecule has 9 heteroatoms. The number of hydrogen-bond acceptors (Lipinski definition) is 7. The fraction of sp³-hybridized carbons (Fsp3) is 0.235. The van der Waals surface area contributed by atoms with Crippen LogP contribution in [0.3, 0.4) is 0 Å². The van der Waals surface area contributed by atoms with Crippen LogP contribution in [0.4, 0.5) is 4.79 Å². The van der Waals surface area contributed by atoms with Gasteiger partial charge in [0.25, 0.3) is 11.1 Å². The molecule has 0 radical (unpaired) electrons. The van der Waals surface area contributed by atoms with Crippen LogP contribution in [0.25, 0.3) is 6.08 Å². The third-order valence-electron chi connectivity index (χ3n) is 3.33. The van der Waals surface area contributed by atoms with Crippen molar-refractivity contribution in [3.8, 4) is 11.5 Å². The summed E-state index contributed by atoms with van der Waals surface area (Å²) < 4.78 is 15.8. The molecule has 0 aliphatic carbocycles. The maximum atomic E-state index is 12.3. The Bertz CT molecular complexity index is 792. The van der Waals surface area contributed by atoms with Gasteiger partial charge in [0.15, 0.2) is 18.1 Å². The Balaban J connectivity index is 2.30. The first-order valence-corrected chi connectivity index (χ1v) is 8.95. The van der Waals surface area contributed by atoms with Crippen LogP contribution in [-0.2, 0) is 14.3 Å². The van der Waals surface area contributed by atoms with Gasteiger partial charge in [-0.3, -0.25) is 14.5 Å². The van der Waals surface area contributed by atoms with E-state index >= 15 is 0 Å². The SMILES string of the molecule is C=CCN1C(=O)S/C(=C/c2cc(OC)c(OCC(=O)OC)cc2Br)C1=O. The van der Waals surface area contributed by atoms with E-state index < -0.39 is 5.97 Å². The lowest BCUT2D eigenvalue weighted by atomic mass is 10.2. The Kier molecular flexibility index (Phi) is 6.87. The number of nitrogens with zero attached hydrogens (tertiary/aromatic N) is 1. The summed E-state index contributed by atoms with van der Waals surface area (Å²) in [5.74, 6) is -0.199. The third kappa shape index (κ3) is 4.47. The molecule has 1 aliphatic heterocycles. The van der Waals surface area contributed by atoms with Gasteiger partial charge in [-0.15, -0.1) is 6.58 Å². The van der Waals surface area contributed by atoms with E-state index in [0.717, 1.165) is 16.7 Å². The van der Waals surface area contributed by atoms with Gasteiger partial charge in [0.2, 0.25) is 0 Å². The first-order chi connectivity index (χ1) is 12.4. The molecule has 1 aliphatic rings. The number of thioether (sulfide) groups is 1. The molecule has 0 bridgehead atoms. The number of esters is 1. The monoisotopic (exact) mass is 441 g/mol. The largest absolute Gasteiger partial charge is 0.493 e. The van der Waals surface area contributed by atoms with Crippen molar-refractivity contribution in [3.05, 3.63) is 39.7 Å². The average molecular weight is 442 g/mol. The first kappa shape index (κ1) is 20.1. The number of ether oxygens (including phenoxy) is 3. The first-order valence-electron chi connectivity index (χ1n) is 7.34. The molecule has 1 saturated heterocycles. The topological polar surface area (TPSA) is 82.1 Å². The van der Waals surface area contributed by atoms with Crippen LogP contribution in [-0.4, -0.2) is 49.4 Å². The lowest BCUT2D eigenvalue weighted by molar-refractivity contribution is -0.142. The van der Waals surface area contributed by atoms with Gasteiger partial charge in [-0.05, 0) is 35.5 Å². The van der Waals surface area contributed by atoms with E-state index in [1.165, 1.54) is 20.3 Å². The second-order valence-electron chi connectivity index (χ2n) is 4.97. The molecular formula is C17H16BrNO6S. The Hall–Kier alpha value is -2.26. The molecule has 0 atom stereocenters. The van der Waals surface area contributed by atoms with Crippen LogP contribution in [0.15, 0.2) is 34.2 Å². The van der Waals surface area contributed by atoms with Gasteiger partial charge in [0, 0.05) is 11.0 Å². The summed E-state index contributed by atoms with van der Waals surface area (Å²) in [5.41, 5.74) is 0.622. The van der Waals surface area contributed by atoms with Gasteiger partial charge >= 0.3 is 5.97 Å². The normalized spacial score (nSPS) is 15.3. The lowest BCUT2D eigenvalue weighted by Crippen LogP contribution is -2.27. The van der Waals surface area contributed by atoms with Crippen molar-refractivity contribution in [2.24, 2.45) is 0 Å². The highest BCUT2D eigenvalue weighted by atomic mass is 79.9. The number of amides is 2. The van der Waals surface area contributed by atoms with Crippen molar-refractivity contribution >= 4 is 50.9 Å². The fourth-order valence-electron chi connectivity index (χ4n) is 2.06. The second kappa shape index (κ2) is 8.91. The summed E-state index contributed by atoms with van der Waals surface area (Å²) in [6.07, 6.45) is 3.08. The van der Waals surface area contributed by atoms with E-state index in [9.17, 15) is 14.4 Å². The molecule has 2 amide bonds. The highest BCUT2D eigenvalue weighted by molar-refractivity contribution is 9.10. The minimum atomic E-state index is -0.525. The Morgan fingerprint density at radius 2 is 2.04 bits per heavy atom. The second-order valence-corrected chi connectivity index (χ2v) is 6.82. The summed E-state index contributed by atoms with van der Waals surface area (Å²) in [6.45, 7) is 3.43. The van der Waals surface area contributed by atoms with Crippen LogP contribution in [0.2, 0.25) is 0 Å². The smallest absolute Gasteiger partial charge is 0.343 e. The standard InChI is InChI=1S/C17H16BrNO6S/c1-4-5-19-16(21)14(26-17(19)22)7-10-6-12(23-2)13(8-11(10)18)25-9-15(20)24-3/h4,6-8H,1,5,9H2,2-3H3/b14-7+. The predicted molar refractivity (Wildman–Crippen MR) is 101 cm³/mol. The third-order valence-corrected chi connectivity index (χ3v) is 4.92.